The molecule has 1 heterocycles. The molecule has 0 atom stereocenters. The molecule has 0 aliphatic carbocycles. The lowest BCUT2D eigenvalue weighted by atomic mass is 10.1. The summed E-state index contributed by atoms with van der Waals surface area (Å²) in [7, 11) is 0. The molecule has 0 spiro atoms. The largest absolute Gasteiger partial charge is 0.366 e. The highest BCUT2D eigenvalue weighted by molar-refractivity contribution is 8.02. The highest BCUT2D eigenvalue weighted by Crippen LogP contribution is 2.25. The van der Waals surface area contributed by atoms with Gasteiger partial charge in [0.15, 0.2) is 5.78 Å². The van der Waals surface area contributed by atoms with E-state index in [2.05, 4.69) is 11.8 Å². The Bertz CT molecular complexity index is 421. The van der Waals surface area contributed by atoms with E-state index >= 15 is 0 Å². The molecule has 0 unspecified atom stereocenters. The number of ketones is 1. The van der Waals surface area contributed by atoms with Crippen LogP contribution in [0.4, 0.5) is 0 Å². The molecule has 0 amide bonds. The van der Waals surface area contributed by atoms with E-state index in [1.165, 1.54) is 12.8 Å². The molecule has 0 saturated carbocycles. The van der Waals surface area contributed by atoms with Crippen molar-refractivity contribution in [3.8, 4) is 0 Å². The summed E-state index contributed by atoms with van der Waals surface area (Å²) in [5.74, 6) is 1.11. The summed E-state index contributed by atoms with van der Waals surface area (Å²) in [6.07, 6.45) is 4.27. The predicted octanol–water partition coefficient (Wildman–Crippen LogP) is 3.56. The molecule has 1 saturated heterocycles. The quantitative estimate of drug-likeness (QED) is 0.597. The summed E-state index contributed by atoms with van der Waals surface area (Å²) in [5, 5.41) is 1.13. The molecule has 2 rings (SSSR count). The molecule has 1 aromatic rings. The second kappa shape index (κ2) is 6.64. The Morgan fingerprint density at radius 3 is 2.56 bits per heavy atom. The van der Waals surface area contributed by atoms with Gasteiger partial charge in [-0.15, -0.1) is 11.8 Å². The molecule has 3 heteroatoms. The summed E-state index contributed by atoms with van der Waals surface area (Å²) in [5.41, 5.74) is 0.769. The number of nitrogens with zero attached hydrogens (tertiary/aromatic N) is 1. The summed E-state index contributed by atoms with van der Waals surface area (Å²) < 4.78 is 0. The molecular formula is C15H19NOS. The molecule has 0 bridgehead atoms. The van der Waals surface area contributed by atoms with Gasteiger partial charge in [0.25, 0.3) is 0 Å². The van der Waals surface area contributed by atoms with E-state index in [0.717, 1.165) is 29.4 Å². The zero-order valence-electron chi connectivity index (χ0n) is 10.8. The molecule has 0 radical (unpaired) electrons. The Morgan fingerprint density at radius 1 is 1.28 bits per heavy atom. The second-order valence-corrected chi connectivity index (χ2v) is 5.62. The van der Waals surface area contributed by atoms with Crippen LogP contribution in [0.5, 0.6) is 0 Å². The van der Waals surface area contributed by atoms with Crippen LogP contribution in [-0.4, -0.2) is 29.5 Å². The van der Waals surface area contributed by atoms with E-state index in [1.807, 2.05) is 30.3 Å². The van der Waals surface area contributed by atoms with Crippen LogP contribution >= 0.6 is 11.8 Å². The first-order valence-corrected chi connectivity index (χ1v) is 7.48. The van der Waals surface area contributed by atoms with E-state index in [-0.39, 0.29) is 5.78 Å². The van der Waals surface area contributed by atoms with Gasteiger partial charge >= 0.3 is 0 Å². The van der Waals surface area contributed by atoms with Crippen molar-refractivity contribution in [2.75, 3.05) is 18.8 Å². The number of benzene rings is 1. The van der Waals surface area contributed by atoms with Gasteiger partial charge in [-0.2, -0.15) is 0 Å². The Labute approximate surface area is 113 Å². The molecule has 0 aromatic heterocycles. The van der Waals surface area contributed by atoms with Crippen LogP contribution in [-0.2, 0) is 0 Å². The number of hydrogen-bond donors (Lipinski definition) is 0. The van der Waals surface area contributed by atoms with Crippen molar-refractivity contribution in [2.24, 2.45) is 0 Å². The van der Waals surface area contributed by atoms with E-state index in [0.29, 0.717) is 0 Å². The fourth-order valence-electron chi connectivity index (χ4n) is 2.11. The Hall–Kier alpha value is -1.22. The van der Waals surface area contributed by atoms with Gasteiger partial charge in [0.05, 0.1) is 5.03 Å². The summed E-state index contributed by atoms with van der Waals surface area (Å²) in [6.45, 7) is 4.30. The molecule has 1 aliphatic rings. The van der Waals surface area contributed by atoms with Crippen molar-refractivity contribution in [1.29, 1.82) is 0 Å². The van der Waals surface area contributed by atoms with Crippen LogP contribution in [0.2, 0.25) is 0 Å². The van der Waals surface area contributed by atoms with Crippen molar-refractivity contribution in [3.05, 3.63) is 47.0 Å². The van der Waals surface area contributed by atoms with Gasteiger partial charge < -0.3 is 4.90 Å². The van der Waals surface area contributed by atoms with Crippen LogP contribution in [0.3, 0.4) is 0 Å². The van der Waals surface area contributed by atoms with Gasteiger partial charge in [0.1, 0.15) is 0 Å². The topological polar surface area (TPSA) is 20.3 Å². The minimum Gasteiger partial charge on any atom is -0.366 e. The van der Waals surface area contributed by atoms with Gasteiger partial charge in [-0.05, 0) is 18.6 Å². The van der Waals surface area contributed by atoms with Gasteiger partial charge in [-0.1, -0.05) is 37.3 Å². The maximum Gasteiger partial charge on any atom is 0.188 e. The minimum atomic E-state index is 0.110. The maximum absolute atomic E-state index is 12.2. The van der Waals surface area contributed by atoms with Gasteiger partial charge in [-0.3, -0.25) is 4.79 Å². The highest BCUT2D eigenvalue weighted by Gasteiger charge is 2.16. The molecule has 1 fully saturated rings. The number of rotatable bonds is 5. The molecular weight excluding hydrogens is 242 g/mol. The van der Waals surface area contributed by atoms with Crippen LogP contribution < -0.4 is 0 Å². The summed E-state index contributed by atoms with van der Waals surface area (Å²) >= 11 is 1.76. The normalized spacial score (nSPS) is 16.1. The van der Waals surface area contributed by atoms with E-state index in [9.17, 15) is 4.79 Å². The first kappa shape index (κ1) is 13.2. The Kier molecular flexibility index (Phi) is 4.88. The molecule has 1 aliphatic heterocycles. The van der Waals surface area contributed by atoms with Gasteiger partial charge in [0.2, 0.25) is 0 Å². The lowest BCUT2D eigenvalue weighted by molar-refractivity contribution is 0.104. The fourth-order valence-corrected chi connectivity index (χ4v) is 2.96. The SMILES string of the molecule is CCS/C(=C\C(=O)c1ccccc1)N1CCCC1. The second-order valence-electron chi connectivity index (χ2n) is 4.34. The Balaban J connectivity index is 2.14. The minimum absolute atomic E-state index is 0.110. The highest BCUT2D eigenvalue weighted by atomic mass is 32.2. The van der Waals surface area contributed by atoms with Crippen molar-refractivity contribution in [2.45, 2.75) is 19.8 Å². The molecule has 18 heavy (non-hydrogen) atoms. The monoisotopic (exact) mass is 261 g/mol. The molecule has 2 nitrogen and oxygen atoms in total. The number of carbonyl (C=O) groups excluding carboxylic acids is 1. The third kappa shape index (κ3) is 3.39. The average Bonchev–Trinajstić information content (AvgIpc) is 2.93. The first-order chi connectivity index (χ1) is 8.81. The van der Waals surface area contributed by atoms with Crippen molar-refractivity contribution in [1.82, 2.24) is 4.90 Å². The van der Waals surface area contributed by atoms with E-state index in [4.69, 9.17) is 0 Å². The standard InChI is InChI=1S/C15H19NOS/c1-2-18-15(16-10-6-7-11-16)12-14(17)13-8-4-3-5-9-13/h3-5,8-9,12H,2,6-7,10-11H2,1H3/b15-12-. The van der Waals surface area contributed by atoms with Crippen molar-refractivity contribution < 1.29 is 4.79 Å². The fraction of sp³-hybridized carbons (Fsp3) is 0.400. The number of allylic oxidation sites excluding steroid dienone is 1. The van der Waals surface area contributed by atoms with Crippen molar-refractivity contribution in [3.63, 3.8) is 0 Å². The number of carbonyl (C=O) groups is 1. The van der Waals surface area contributed by atoms with Gasteiger partial charge in [-0.25, -0.2) is 0 Å². The number of hydrogen-bond acceptors (Lipinski definition) is 3. The van der Waals surface area contributed by atoms with Crippen LogP contribution in [0.15, 0.2) is 41.4 Å². The molecule has 1 aromatic carbocycles. The number of thioether (sulfide) groups is 1. The summed E-state index contributed by atoms with van der Waals surface area (Å²) in [4.78, 5) is 14.5. The third-order valence-corrected chi connectivity index (χ3v) is 3.98. The average molecular weight is 261 g/mol. The lowest BCUT2D eigenvalue weighted by Crippen LogP contribution is -2.18. The van der Waals surface area contributed by atoms with Crippen LogP contribution in [0, 0.1) is 0 Å². The number of likely N-dealkylation sites (tertiary alicyclic amines) is 1. The summed E-state index contributed by atoms with van der Waals surface area (Å²) in [6, 6.07) is 9.49. The first-order valence-electron chi connectivity index (χ1n) is 6.50. The zero-order chi connectivity index (χ0) is 12.8. The molecule has 96 valence electrons. The van der Waals surface area contributed by atoms with Crippen molar-refractivity contribution >= 4 is 17.5 Å². The predicted molar refractivity (Wildman–Crippen MR) is 77.8 cm³/mol. The lowest BCUT2D eigenvalue weighted by Gasteiger charge is -2.20. The van der Waals surface area contributed by atoms with Crippen LogP contribution in [0.25, 0.3) is 0 Å². The zero-order valence-corrected chi connectivity index (χ0v) is 11.6. The maximum atomic E-state index is 12.2. The smallest absolute Gasteiger partial charge is 0.188 e. The van der Waals surface area contributed by atoms with E-state index in [1.54, 1.807) is 17.8 Å². The molecule has 0 N–H and O–H groups in total. The van der Waals surface area contributed by atoms with Crippen LogP contribution in [0.1, 0.15) is 30.1 Å². The van der Waals surface area contributed by atoms with E-state index < -0.39 is 0 Å². The Morgan fingerprint density at radius 2 is 1.94 bits per heavy atom. The third-order valence-electron chi connectivity index (χ3n) is 3.02. The van der Waals surface area contributed by atoms with Gasteiger partial charge in [0, 0.05) is 24.7 Å².